The molecule has 0 saturated carbocycles. The van der Waals surface area contributed by atoms with Crippen molar-refractivity contribution in [3.63, 3.8) is 0 Å². The Bertz CT molecular complexity index is 792. The number of halogens is 15. The van der Waals surface area contributed by atoms with Gasteiger partial charge in [-0.05, 0) is 0 Å². The molecule has 210 valence electrons. The Morgan fingerprint density at radius 3 is 1.11 bits per heavy atom. The normalized spacial score (nSPS) is 18.9. The van der Waals surface area contributed by atoms with E-state index in [2.05, 4.69) is 3.07 Å². The molecular formula is C19H19F15OSn. The van der Waals surface area contributed by atoms with Crippen molar-refractivity contribution in [3.8, 4) is 0 Å². The Morgan fingerprint density at radius 1 is 0.583 bits per heavy atom. The summed E-state index contributed by atoms with van der Waals surface area (Å²) >= 11 is -10.9. The molecule has 0 aliphatic carbocycles. The fraction of sp³-hybridized carbons (Fsp3) is 0.684. The van der Waals surface area contributed by atoms with Crippen molar-refractivity contribution < 1.29 is 68.9 Å². The van der Waals surface area contributed by atoms with Crippen LogP contribution in [-0.4, -0.2) is 66.9 Å². The van der Waals surface area contributed by atoms with Crippen LogP contribution in [0.15, 0.2) is 30.3 Å². The van der Waals surface area contributed by atoms with Gasteiger partial charge in [-0.2, -0.15) is 0 Å². The van der Waals surface area contributed by atoms with Crippen molar-refractivity contribution in [2.75, 3.05) is 0 Å². The van der Waals surface area contributed by atoms with Crippen molar-refractivity contribution in [2.24, 2.45) is 0 Å². The molecule has 0 aliphatic heterocycles. The van der Waals surface area contributed by atoms with Gasteiger partial charge in [0.1, 0.15) is 0 Å². The first-order valence-corrected chi connectivity index (χ1v) is 15.2. The van der Waals surface area contributed by atoms with E-state index >= 15 is 26.3 Å². The zero-order valence-corrected chi connectivity index (χ0v) is 21.3. The summed E-state index contributed by atoms with van der Waals surface area (Å²) < 4.78 is 199. The maximum absolute atomic E-state index is 15.2. The zero-order valence-electron chi connectivity index (χ0n) is 18.4. The minimum absolute atomic E-state index is 0.482. The molecule has 3 atom stereocenters. The summed E-state index contributed by atoms with van der Waals surface area (Å²) in [5.74, 6) is -20.3. The molecule has 0 bridgehead atoms. The van der Waals surface area contributed by atoms with Crippen LogP contribution in [0.5, 0.6) is 0 Å². The van der Waals surface area contributed by atoms with Crippen LogP contribution in [-0.2, 0) is 9.68 Å². The molecule has 1 aromatic rings. The molecule has 0 aliphatic rings. The third-order valence-corrected chi connectivity index (χ3v) is 17.5. The maximum atomic E-state index is 15.2. The van der Waals surface area contributed by atoms with Crippen LogP contribution < -0.4 is 0 Å². The van der Waals surface area contributed by atoms with E-state index in [0.29, 0.717) is 0 Å². The standard InChI is InChI=1S/C7H7O.3C4H4F5.Sn/c8-6-7-4-2-1-3-5-7;3*1-2(5)4(8,9)3(6)7;/h1-5H,6H2;3*2H,1H3;/q-1;;;;+1. The van der Waals surface area contributed by atoms with Crippen molar-refractivity contribution >= 4 is 18.8 Å². The van der Waals surface area contributed by atoms with Crippen molar-refractivity contribution in [1.82, 2.24) is 0 Å². The summed E-state index contributed by atoms with van der Waals surface area (Å²) in [5.41, 5.74) is -0.717. The summed E-state index contributed by atoms with van der Waals surface area (Å²) in [4.78, 5) is 0. The van der Waals surface area contributed by atoms with E-state index in [-0.39, 0.29) is 0 Å². The van der Waals surface area contributed by atoms with Gasteiger partial charge < -0.3 is 0 Å². The molecular weight excluding hydrogens is 648 g/mol. The first-order chi connectivity index (χ1) is 15.9. The first kappa shape index (κ1) is 33.0. The summed E-state index contributed by atoms with van der Waals surface area (Å²) in [5, 5.41) is 0. The Morgan fingerprint density at radius 2 is 0.861 bits per heavy atom. The second-order valence-electron chi connectivity index (χ2n) is 7.90. The molecule has 0 amide bonds. The number of hydrogen-bond acceptors (Lipinski definition) is 1. The minimum atomic E-state index is -10.9. The SMILES string of the molecule is CC(F)C(F)(F)[C](F)(F)[Sn]([O]Cc1ccccc1)([C](F)(F)C(F)(F)C(C)F)[C](F)(F)C(F)(F)C(C)F. The van der Waals surface area contributed by atoms with Gasteiger partial charge in [-0.25, -0.2) is 0 Å². The van der Waals surface area contributed by atoms with Gasteiger partial charge in [0.2, 0.25) is 0 Å². The molecule has 0 heterocycles. The summed E-state index contributed by atoms with van der Waals surface area (Å²) in [6.07, 6.45) is -13.1. The predicted molar refractivity (Wildman–Crippen MR) is 98.4 cm³/mol. The topological polar surface area (TPSA) is 9.23 Å². The molecule has 1 rings (SSSR count). The molecule has 1 aromatic carbocycles. The van der Waals surface area contributed by atoms with Gasteiger partial charge >= 0.3 is 199 Å². The van der Waals surface area contributed by atoms with E-state index in [4.69, 9.17) is 0 Å². The Balaban J connectivity index is 4.33. The van der Waals surface area contributed by atoms with Gasteiger partial charge in [-0.1, -0.05) is 0 Å². The van der Waals surface area contributed by atoms with Gasteiger partial charge in [0.25, 0.3) is 0 Å². The van der Waals surface area contributed by atoms with E-state index in [1.165, 1.54) is 0 Å². The molecule has 0 radical (unpaired) electrons. The van der Waals surface area contributed by atoms with Crippen LogP contribution in [0, 0.1) is 0 Å². The monoisotopic (exact) mass is 668 g/mol. The van der Waals surface area contributed by atoms with Gasteiger partial charge in [0.05, 0.1) is 0 Å². The van der Waals surface area contributed by atoms with Gasteiger partial charge in [-0.3, -0.25) is 0 Å². The van der Waals surface area contributed by atoms with Gasteiger partial charge in [-0.15, -0.1) is 0 Å². The molecule has 0 aromatic heterocycles. The average Bonchev–Trinajstić information content (AvgIpc) is 2.73. The van der Waals surface area contributed by atoms with Crippen LogP contribution in [0.25, 0.3) is 0 Å². The number of benzene rings is 1. The number of alkyl halides is 15. The predicted octanol–water partition coefficient (Wildman–Crippen LogP) is 7.65. The Kier molecular flexibility index (Phi) is 9.38. The third-order valence-electron chi connectivity index (χ3n) is 5.38. The Labute approximate surface area is 199 Å². The number of hydrogen-bond donors (Lipinski definition) is 0. The van der Waals surface area contributed by atoms with E-state index in [1.54, 1.807) is 0 Å². The molecule has 0 spiro atoms. The number of rotatable bonds is 12. The van der Waals surface area contributed by atoms with E-state index in [9.17, 15) is 39.5 Å². The first-order valence-electron chi connectivity index (χ1n) is 9.78. The molecule has 3 unspecified atom stereocenters. The fourth-order valence-electron chi connectivity index (χ4n) is 3.08. The summed E-state index contributed by atoms with van der Waals surface area (Å²) in [7, 11) is 0. The molecule has 17 heteroatoms. The molecule has 0 N–H and O–H groups in total. The van der Waals surface area contributed by atoms with Crippen LogP contribution in [0.4, 0.5) is 65.9 Å². The van der Waals surface area contributed by atoms with Crippen LogP contribution in [0.3, 0.4) is 0 Å². The molecule has 0 fully saturated rings. The second-order valence-corrected chi connectivity index (χ2v) is 18.0. The van der Waals surface area contributed by atoms with Crippen LogP contribution in [0.2, 0.25) is 0 Å². The van der Waals surface area contributed by atoms with Crippen molar-refractivity contribution in [1.29, 1.82) is 0 Å². The van der Waals surface area contributed by atoms with E-state index in [1.807, 2.05) is 0 Å². The van der Waals surface area contributed by atoms with Gasteiger partial charge in [0.15, 0.2) is 0 Å². The average molecular weight is 667 g/mol. The van der Waals surface area contributed by atoms with Gasteiger partial charge in [0, 0.05) is 0 Å². The second kappa shape index (κ2) is 10.2. The quantitative estimate of drug-likeness (QED) is 0.165. The summed E-state index contributed by atoms with van der Waals surface area (Å²) in [6.45, 7) is -3.54. The Hall–Kier alpha value is -1.07. The fourth-order valence-corrected chi connectivity index (χ4v) is 14.8. The van der Waals surface area contributed by atoms with Crippen molar-refractivity contribution in [3.05, 3.63) is 35.9 Å². The zero-order chi connectivity index (χ0) is 28.8. The van der Waals surface area contributed by atoms with E-state index < -0.39 is 99.8 Å². The third kappa shape index (κ3) is 4.65. The van der Waals surface area contributed by atoms with Crippen LogP contribution in [0.1, 0.15) is 26.3 Å². The molecule has 36 heavy (non-hydrogen) atoms. The summed E-state index contributed by atoms with van der Waals surface area (Å²) in [6, 6.07) is 4.56. The van der Waals surface area contributed by atoms with E-state index in [0.717, 1.165) is 30.3 Å². The molecule has 0 saturated heterocycles. The van der Waals surface area contributed by atoms with Crippen LogP contribution >= 0.6 is 0 Å². The molecule has 1 nitrogen and oxygen atoms in total. The van der Waals surface area contributed by atoms with Crippen molar-refractivity contribution in [2.45, 2.75) is 75.5 Å².